The van der Waals surface area contributed by atoms with Gasteiger partial charge in [-0.25, -0.2) is 4.79 Å². The van der Waals surface area contributed by atoms with E-state index < -0.39 is 10.3 Å². The molecule has 2 unspecified atom stereocenters. The lowest BCUT2D eigenvalue weighted by molar-refractivity contribution is -0.133. The number of hydrogen-bond acceptors (Lipinski definition) is 2. The van der Waals surface area contributed by atoms with E-state index in [-0.39, 0.29) is 11.5 Å². The second-order valence-electron chi connectivity index (χ2n) is 3.49. The molecule has 0 aliphatic heterocycles. The van der Waals surface area contributed by atoms with Crippen LogP contribution < -0.4 is 0 Å². The van der Waals surface area contributed by atoms with E-state index >= 15 is 0 Å². The lowest BCUT2D eigenvalue weighted by atomic mass is 9.82. The van der Waals surface area contributed by atoms with Crippen molar-refractivity contribution in [3.8, 4) is 6.07 Å². The van der Waals surface area contributed by atoms with E-state index in [1.165, 1.54) is 6.08 Å². The molecule has 1 N–H and O–H groups in total. The predicted molar refractivity (Wildman–Crippen MR) is 55.9 cm³/mol. The fourth-order valence-electron chi connectivity index (χ4n) is 1.38. The monoisotopic (exact) mass is 255 g/mol. The number of carboxylic acid groups (broad SMARTS) is 1. The smallest absolute Gasteiger partial charge is 0.331 e. The van der Waals surface area contributed by atoms with Gasteiger partial charge in [-0.3, -0.25) is 0 Å². The molecule has 1 aliphatic carbocycles. The second kappa shape index (κ2) is 3.58. The minimum atomic E-state index is -0.968. The van der Waals surface area contributed by atoms with Crippen molar-refractivity contribution in [2.75, 3.05) is 0 Å². The van der Waals surface area contributed by atoms with Gasteiger partial charge in [0, 0.05) is 21.4 Å². The lowest BCUT2D eigenvalue weighted by Crippen LogP contribution is -2.30. The van der Waals surface area contributed by atoms with E-state index in [2.05, 4.69) is 15.9 Å². The van der Waals surface area contributed by atoms with Crippen molar-refractivity contribution in [1.29, 1.82) is 5.26 Å². The Morgan fingerprint density at radius 2 is 2.36 bits per heavy atom. The zero-order valence-electron chi connectivity index (χ0n) is 7.91. The van der Waals surface area contributed by atoms with E-state index in [1.807, 2.05) is 19.9 Å². The first-order valence-electron chi connectivity index (χ1n) is 4.15. The minimum absolute atomic E-state index is 0.155. The Labute approximate surface area is 90.9 Å². The summed E-state index contributed by atoms with van der Waals surface area (Å²) in [6.07, 6.45) is 3.17. The van der Waals surface area contributed by atoms with Crippen LogP contribution in [0.5, 0.6) is 0 Å². The average Bonchev–Trinajstić information content (AvgIpc) is 2.08. The molecular weight excluding hydrogens is 246 g/mol. The third-order valence-corrected chi connectivity index (χ3v) is 3.35. The van der Waals surface area contributed by atoms with Crippen LogP contribution in [0.1, 0.15) is 13.8 Å². The van der Waals surface area contributed by atoms with Crippen molar-refractivity contribution in [3.63, 3.8) is 0 Å². The van der Waals surface area contributed by atoms with Crippen molar-refractivity contribution >= 4 is 21.9 Å². The highest BCUT2D eigenvalue weighted by Gasteiger charge is 2.35. The highest BCUT2D eigenvalue weighted by atomic mass is 79.9. The molecule has 0 fully saturated rings. The molecule has 0 heterocycles. The van der Waals surface area contributed by atoms with Crippen molar-refractivity contribution in [1.82, 2.24) is 0 Å². The standard InChI is InChI=1S/C10H10BrNO2/c1-6-8(9(13)14)3-7(5-12)4-10(6,2)11/h3-4,6H,1-2H3,(H,13,14). The number of hydrogen-bond donors (Lipinski definition) is 1. The van der Waals surface area contributed by atoms with Gasteiger partial charge in [0.25, 0.3) is 0 Å². The van der Waals surface area contributed by atoms with E-state index in [1.54, 1.807) is 6.08 Å². The summed E-state index contributed by atoms with van der Waals surface area (Å²) in [4.78, 5) is 10.9. The molecular formula is C10H10BrNO2. The van der Waals surface area contributed by atoms with Gasteiger partial charge in [-0.05, 0) is 19.1 Å². The summed E-state index contributed by atoms with van der Waals surface area (Å²) in [5.41, 5.74) is 0.656. The first-order chi connectivity index (χ1) is 6.38. The molecule has 0 spiro atoms. The summed E-state index contributed by atoms with van der Waals surface area (Å²) < 4.78 is -0.458. The van der Waals surface area contributed by atoms with Crippen molar-refractivity contribution in [2.45, 2.75) is 18.2 Å². The largest absolute Gasteiger partial charge is 0.478 e. The molecule has 0 aromatic carbocycles. The third-order valence-electron chi connectivity index (χ3n) is 2.44. The molecule has 2 atom stereocenters. The normalized spacial score (nSPS) is 31.4. The van der Waals surface area contributed by atoms with E-state index in [0.717, 1.165) is 0 Å². The van der Waals surface area contributed by atoms with Gasteiger partial charge in [-0.2, -0.15) is 5.26 Å². The van der Waals surface area contributed by atoms with Crippen LogP contribution in [-0.4, -0.2) is 15.4 Å². The molecule has 74 valence electrons. The average molecular weight is 256 g/mol. The summed E-state index contributed by atoms with van der Waals surface area (Å²) in [7, 11) is 0. The molecule has 1 rings (SSSR count). The number of carbonyl (C=O) groups is 1. The number of allylic oxidation sites excluding steroid dienone is 3. The molecule has 0 bridgehead atoms. The fourth-order valence-corrected chi connectivity index (χ4v) is 1.87. The lowest BCUT2D eigenvalue weighted by Gasteiger charge is -2.30. The number of alkyl halides is 1. The Morgan fingerprint density at radius 3 is 2.79 bits per heavy atom. The predicted octanol–water partition coefficient (Wildman–Crippen LogP) is 2.25. The Hall–Kier alpha value is -1.08. The summed E-state index contributed by atoms with van der Waals surface area (Å²) in [5.74, 6) is -1.12. The molecule has 0 radical (unpaired) electrons. The maximum Gasteiger partial charge on any atom is 0.331 e. The maximum absolute atomic E-state index is 10.9. The zero-order chi connectivity index (χ0) is 10.9. The number of halogens is 1. The first kappa shape index (κ1) is 11.0. The number of rotatable bonds is 1. The molecule has 1 aliphatic rings. The zero-order valence-corrected chi connectivity index (χ0v) is 9.50. The molecule has 0 aromatic rings. The van der Waals surface area contributed by atoms with Gasteiger partial charge in [0.15, 0.2) is 0 Å². The molecule has 0 saturated carbocycles. The van der Waals surface area contributed by atoms with Crippen LogP contribution >= 0.6 is 15.9 Å². The van der Waals surface area contributed by atoms with Crippen LogP contribution in [-0.2, 0) is 4.79 Å². The van der Waals surface area contributed by atoms with E-state index in [0.29, 0.717) is 5.57 Å². The van der Waals surface area contributed by atoms with Crippen molar-refractivity contribution in [2.24, 2.45) is 5.92 Å². The molecule has 3 nitrogen and oxygen atoms in total. The number of nitriles is 1. The number of nitrogens with zero attached hydrogens (tertiary/aromatic N) is 1. The first-order valence-corrected chi connectivity index (χ1v) is 4.94. The van der Waals surface area contributed by atoms with Crippen LogP contribution in [0.15, 0.2) is 23.3 Å². The second-order valence-corrected chi connectivity index (χ2v) is 5.20. The van der Waals surface area contributed by atoms with Gasteiger partial charge < -0.3 is 5.11 Å². The van der Waals surface area contributed by atoms with Gasteiger partial charge in [0.05, 0.1) is 6.07 Å². The van der Waals surface area contributed by atoms with Crippen LogP contribution in [0.4, 0.5) is 0 Å². The van der Waals surface area contributed by atoms with E-state index in [4.69, 9.17) is 10.4 Å². The summed E-state index contributed by atoms with van der Waals surface area (Å²) in [6, 6.07) is 1.96. The molecule has 4 heteroatoms. The van der Waals surface area contributed by atoms with Gasteiger partial charge in [0.1, 0.15) is 0 Å². The number of carboxylic acids is 1. The Balaban J connectivity index is 3.21. The summed E-state index contributed by atoms with van der Waals surface area (Å²) >= 11 is 3.42. The van der Waals surface area contributed by atoms with Crippen molar-refractivity contribution in [3.05, 3.63) is 23.3 Å². The molecule has 0 saturated heterocycles. The highest BCUT2D eigenvalue weighted by molar-refractivity contribution is 9.10. The molecule has 14 heavy (non-hydrogen) atoms. The SMILES string of the molecule is CC1C(C(=O)O)=CC(C#N)=CC1(C)Br. The van der Waals surface area contributed by atoms with Gasteiger partial charge >= 0.3 is 5.97 Å². The highest BCUT2D eigenvalue weighted by Crippen LogP contribution is 2.38. The topological polar surface area (TPSA) is 61.1 Å². The van der Waals surface area contributed by atoms with Gasteiger partial charge in [0.2, 0.25) is 0 Å². The van der Waals surface area contributed by atoms with Crippen LogP contribution in [0, 0.1) is 17.2 Å². The summed E-state index contributed by atoms with van der Waals surface area (Å²) in [5, 5.41) is 17.7. The summed E-state index contributed by atoms with van der Waals surface area (Å²) in [6.45, 7) is 3.67. The fraction of sp³-hybridized carbons (Fsp3) is 0.400. The Morgan fingerprint density at radius 1 is 1.79 bits per heavy atom. The Kier molecular flexibility index (Phi) is 2.81. The van der Waals surface area contributed by atoms with Crippen LogP contribution in [0.2, 0.25) is 0 Å². The van der Waals surface area contributed by atoms with Gasteiger partial charge in [-0.1, -0.05) is 22.9 Å². The van der Waals surface area contributed by atoms with Crippen molar-refractivity contribution < 1.29 is 9.90 Å². The van der Waals surface area contributed by atoms with E-state index in [9.17, 15) is 4.79 Å². The van der Waals surface area contributed by atoms with Crippen LogP contribution in [0.3, 0.4) is 0 Å². The Bertz CT molecular complexity index is 374. The van der Waals surface area contributed by atoms with Crippen LogP contribution in [0.25, 0.3) is 0 Å². The van der Waals surface area contributed by atoms with Gasteiger partial charge in [-0.15, -0.1) is 0 Å². The number of aliphatic carboxylic acids is 1. The quantitative estimate of drug-likeness (QED) is 0.732. The minimum Gasteiger partial charge on any atom is -0.478 e. The maximum atomic E-state index is 10.9. The molecule has 0 aromatic heterocycles. The third kappa shape index (κ3) is 1.88. The molecule has 0 amide bonds.